The van der Waals surface area contributed by atoms with Crippen molar-refractivity contribution in [3.8, 4) is 23.7 Å². The Bertz CT molecular complexity index is 981. The summed E-state index contributed by atoms with van der Waals surface area (Å²) < 4.78 is 26.9. The molecule has 1 fully saturated rings. The normalized spacial score (nSPS) is 13.1. The van der Waals surface area contributed by atoms with E-state index in [0.717, 1.165) is 12.0 Å². The quantitative estimate of drug-likeness (QED) is 0.149. The Morgan fingerprint density at radius 1 is 0.805 bits per heavy atom. The van der Waals surface area contributed by atoms with E-state index in [9.17, 15) is 9.59 Å². The molecule has 1 aliphatic carbocycles. The molecule has 0 spiro atoms. The summed E-state index contributed by atoms with van der Waals surface area (Å²) in [5.74, 6) is 11.3. The molecule has 0 bridgehead atoms. The highest BCUT2D eigenvalue weighted by Gasteiger charge is 2.12. The van der Waals surface area contributed by atoms with E-state index in [1.807, 2.05) is 12.1 Å². The average molecular weight is 571 g/mol. The number of methoxy groups -OCH3 is 2. The van der Waals surface area contributed by atoms with Crippen LogP contribution in [0.2, 0.25) is 0 Å². The molecule has 2 N–H and O–H groups in total. The minimum absolute atomic E-state index is 0.132. The maximum Gasteiger partial charge on any atom is 0.296 e. The van der Waals surface area contributed by atoms with Gasteiger partial charge in [0.05, 0.1) is 26.4 Å². The van der Waals surface area contributed by atoms with Crippen LogP contribution in [-0.4, -0.2) is 78.8 Å². The van der Waals surface area contributed by atoms with E-state index in [0.29, 0.717) is 77.1 Å². The van der Waals surface area contributed by atoms with Crippen molar-refractivity contribution in [1.82, 2.24) is 10.6 Å². The fourth-order valence-electron chi connectivity index (χ4n) is 4.32. The zero-order chi connectivity index (χ0) is 29.4. The molecule has 2 amide bonds. The second kappa shape index (κ2) is 22.7. The van der Waals surface area contributed by atoms with Gasteiger partial charge in [-0.2, -0.15) is 0 Å². The van der Waals surface area contributed by atoms with Crippen molar-refractivity contribution in [3.05, 3.63) is 35.4 Å². The van der Waals surface area contributed by atoms with Gasteiger partial charge in [-0.1, -0.05) is 37.3 Å². The van der Waals surface area contributed by atoms with Gasteiger partial charge in [-0.15, -0.1) is 0 Å². The van der Waals surface area contributed by atoms with Crippen molar-refractivity contribution in [1.29, 1.82) is 0 Å². The fraction of sp³-hybridized carbons (Fsp3) is 0.625. The number of benzene rings is 1. The summed E-state index contributed by atoms with van der Waals surface area (Å²) >= 11 is 0. The Balaban J connectivity index is 1.34. The van der Waals surface area contributed by atoms with Crippen LogP contribution in [0.15, 0.2) is 24.3 Å². The lowest BCUT2D eigenvalue weighted by molar-refractivity contribution is -0.115. The molecule has 0 saturated heterocycles. The molecule has 1 aromatic carbocycles. The lowest BCUT2D eigenvalue weighted by atomic mass is 9.87. The number of hydrogen-bond donors (Lipinski definition) is 2. The summed E-state index contributed by atoms with van der Waals surface area (Å²) in [6.07, 6.45) is 8.33. The number of carbonyl (C=O) groups is 2. The molecule has 0 aliphatic heterocycles. The van der Waals surface area contributed by atoms with Crippen LogP contribution in [0.5, 0.6) is 0 Å². The zero-order valence-electron chi connectivity index (χ0n) is 24.6. The van der Waals surface area contributed by atoms with E-state index in [2.05, 4.69) is 34.3 Å². The third-order valence-corrected chi connectivity index (χ3v) is 6.56. The van der Waals surface area contributed by atoms with E-state index in [1.54, 1.807) is 26.4 Å². The van der Waals surface area contributed by atoms with E-state index < -0.39 is 6.29 Å². The first-order valence-electron chi connectivity index (χ1n) is 14.6. The molecule has 0 atom stereocenters. The molecular weight excluding hydrogens is 524 g/mol. The topological polar surface area (TPSA) is 104 Å². The first kappa shape index (κ1) is 34.3. The highest BCUT2D eigenvalue weighted by atomic mass is 16.7. The summed E-state index contributed by atoms with van der Waals surface area (Å²) in [5, 5.41) is 5.63. The van der Waals surface area contributed by atoms with Crippen molar-refractivity contribution >= 4 is 11.8 Å². The van der Waals surface area contributed by atoms with Crippen LogP contribution in [-0.2, 0) is 28.5 Å². The van der Waals surface area contributed by atoms with Crippen LogP contribution in [0, 0.1) is 29.6 Å². The van der Waals surface area contributed by atoms with Crippen LogP contribution in [0.4, 0.5) is 0 Å². The lowest BCUT2D eigenvalue weighted by Crippen LogP contribution is -2.25. The van der Waals surface area contributed by atoms with Crippen molar-refractivity contribution in [2.45, 2.75) is 57.7 Å². The molecule has 0 radical (unpaired) electrons. The molecule has 1 saturated carbocycles. The van der Waals surface area contributed by atoms with Gasteiger partial charge in [-0.25, -0.2) is 0 Å². The maximum absolute atomic E-state index is 12.2. The summed E-state index contributed by atoms with van der Waals surface area (Å²) in [6, 6.07) is 7.12. The predicted molar refractivity (Wildman–Crippen MR) is 157 cm³/mol. The second-order valence-electron chi connectivity index (χ2n) is 9.74. The third kappa shape index (κ3) is 16.2. The highest BCUT2D eigenvalue weighted by Crippen LogP contribution is 2.25. The first-order valence-corrected chi connectivity index (χ1v) is 14.6. The minimum atomic E-state index is -0.446. The van der Waals surface area contributed by atoms with Crippen LogP contribution in [0.3, 0.4) is 0 Å². The Kier molecular flexibility index (Phi) is 19.0. The Hall–Kier alpha value is -2.92. The third-order valence-electron chi connectivity index (χ3n) is 6.56. The minimum Gasteiger partial charge on any atom is -0.379 e. The van der Waals surface area contributed by atoms with Gasteiger partial charge in [0.2, 0.25) is 0 Å². The van der Waals surface area contributed by atoms with Crippen molar-refractivity contribution in [2.75, 3.05) is 67.0 Å². The zero-order valence-corrected chi connectivity index (χ0v) is 24.6. The number of nitrogens with one attached hydrogen (secondary N) is 2. The number of ether oxygens (including phenoxy) is 5. The molecule has 1 aliphatic rings. The van der Waals surface area contributed by atoms with Gasteiger partial charge >= 0.3 is 0 Å². The maximum atomic E-state index is 12.2. The highest BCUT2D eigenvalue weighted by molar-refractivity contribution is 5.94. The smallest absolute Gasteiger partial charge is 0.296 e. The van der Waals surface area contributed by atoms with E-state index in [-0.39, 0.29) is 11.8 Å². The second-order valence-corrected chi connectivity index (χ2v) is 9.74. The Labute approximate surface area is 245 Å². The number of hydrogen-bond acceptors (Lipinski definition) is 7. The van der Waals surface area contributed by atoms with Crippen LogP contribution in [0.1, 0.15) is 73.6 Å². The van der Waals surface area contributed by atoms with Crippen molar-refractivity contribution in [2.24, 2.45) is 5.92 Å². The molecule has 2 rings (SSSR count). The Morgan fingerprint density at radius 3 is 2.00 bits per heavy atom. The first-order chi connectivity index (χ1) is 20.1. The molecule has 226 valence electrons. The summed E-state index contributed by atoms with van der Waals surface area (Å²) in [5.41, 5.74) is 1.43. The van der Waals surface area contributed by atoms with Gasteiger partial charge in [0, 0.05) is 64.0 Å². The standard InChI is InChI=1S/C32H46N2O7/c1-37-32(38-2)29-17-15-28(16-18-29)31(36)34-20-10-22-40-24-26-41-25-23-39-21-9-19-33-30(35)14-8-4-7-13-27-11-5-3-6-12-27/h15-18,27,32H,3,5-6,9-13,19-26H2,1-2H3,(H,33,35)(H,34,36). The summed E-state index contributed by atoms with van der Waals surface area (Å²) in [7, 11) is 3.14. The van der Waals surface area contributed by atoms with E-state index >= 15 is 0 Å². The molecule has 9 heteroatoms. The average Bonchev–Trinajstić information content (AvgIpc) is 3.00. The van der Waals surface area contributed by atoms with Crippen LogP contribution in [0.25, 0.3) is 0 Å². The lowest BCUT2D eigenvalue weighted by Gasteiger charge is -2.18. The number of rotatable bonds is 19. The van der Waals surface area contributed by atoms with Crippen LogP contribution < -0.4 is 10.6 Å². The molecule has 0 aromatic heterocycles. The van der Waals surface area contributed by atoms with E-state index in [1.165, 1.54) is 32.1 Å². The number of carbonyl (C=O) groups excluding carboxylic acids is 2. The van der Waals surface area contributed by atoms with Gasteiger partial charge in [0.25, 0.3) is 11.8 Å². The van der Waals surface area contributed by atoms with Gasteiger partial charge < -0.3 is 34.3 Å². The van der Waals surface area contributed by atoms with Crippen LogP contribution >= 0.6 is 0 Å². The predicted octanol–water partition coefficient (Wildman–Crippen LogP) is 3.63. The molecular formula is C32H46N2O7. The van der Waals surface area contributed by atoms with Gasteiger partial charge in [-0.05, 0) is 55.6 Å². The van der Waals surface area contributed by atoms with Gasteiger partial charge in [0.15, 0.2) is 6.29 Å². The monoisotopic (exact) mass is 570 g/mol. The van der Waals surface area contributed by atoms with Gasteiger partial charge in [0.1, 0.15) is 0 Å². The summed E-state index contributed by atoms with van der Waals surface area (Å²) in [6.45, 7) is 4.01. The SMILES string of the molecule is COC(OC)c1ccc(C(=O)NCCCOCCOCCOCCCNC(=O)C#CC#CCC2CCCCC2)cc1. The largest absolute Gasteiger partial charge is 0.379 e. The Morgan fingerprint density at radius 2 is 1.39 bits per heavy atom. The van der Waals surface area contributed by atoms with Gasteiger partial charge in [-0.3, -0.25) is 9.59 Å². The van der Waals surface area contributed by atoms with Crippen molar-refractivity contribution in [3.63, 3.8) is 0 Å². The molecule has 9 nitrogen and oxygen atoms in total. The molecule has 41 heavy (non-hydrogen) atoms. The van der Waals surface area contributed by atoms with Crippen molar-refractivity contribution < 1.29 is 33.3 Å². The number of amides is 2. The molecule has 1 aromatic rings. The van der Waals surface area contributed by atoms with E-state index in [4.69, 9.17) is 23.7 Å². The molecule has 0 unspecified atom stereocenters. The summed E-state index contributed by atoms with van der Waals surface area (Å²) in [4.78, 5) is 24.0. The molecule has 0 heterocycles. The fourth-order valence-corrected chi connectivity index (χ4v) is 4.32.